The fourth-order valence-corrected chi connectivity index (χ4v) is 2.88. The van der Waals surface area contributed by atoms with Gasteiger partial charge in [0.1, 0.15) is 5.82 Å². The Kier molecular flexibility index (Phi) is 8.20. The summed E-state index contributed by atoms with van der Waals surface area (Å²) in [6.45, 7) is -1.44. The Morgan fingerprint density at radius 1 is 1.03 bits per heavy atom. The van der Waals surface area contributed by atoms with E-state index in [0.717, 1.165) is 11.8 Å². The molecule has 2 N–H and O–H groups in total. The largest absolute Gasteiger partial charge is 0.493 e. The van der Waals surface area contributed by atoms with Crippen molar-refractivity contribution in [2.45, 2.75) is 18.8 Å². The van der Waals surface area contributed by atoms with E-state index >= 15 is 0 Å². The van der Waals surface area contributed by atoms with Crippen LogP contribution in [-0.2, 0) is 9.59 Å². The van der Waals surface area contributed by atoms with Gasteiger partial charge in [-0.1, -0.05) is 0 Å². The third-order valence-corrected chi connectivity index (χ3v) is 4.75. The third kappa shape index (κ3) is 7.22. The average molecular weight is 428 g/mol. The molecule has 2 aromatic carbocycles. The summed E-state index contributed by atoms with van der Waals surface area (Å²) in [7, 11) is 1.31. The predicted molar refractivity (Wildman–Crippen MR) is 105 cm³/mol. The molecule has 156 valence electrons. The van der Waals surface area contributed by atoms with Crippen LogP contribution in [0.25, 0.3) is 0 Å². The molecule has 0 saturated carbocycles. The van der Waals surface area contributed by atoms with Crippen molar-refractivity contribution in [1.29, 1.82) is 0 Å². The van der Waals surface area contributed by atoms with Crippen LogP contribution in [0.5, 0.6) is 11.5 Å². The van der Waals surface area contributed by atoms with Crippen LogP contribution in [0.2, 0.25) is 0 Å². The Bertz CT molecular complexity index is 850. The summed E-state index contributed by atoms with van der Waals surface area (Å²) >= 11 is 1.08. The van der Waals surface area contributed by atoms with E-state index in [2.05, 4.69) is 15.4 Å². The molecule has 6 nitrogen and oxygen atoms in total. The maximum absolute atomic E-state index is 12.9. The molecule has 0 aliphatic heterocycles. The van der Waals surface area contributed by atoms with Gasteiger partial charge < -0.3 is 20.1 Å². The number of alkyl halides is 2. The SMILES string of the molecule is COc1ccc(NC(=O)C(C)SCC(=O)Nc2ccc(F)cc2)cc1OC(F)F. The number of halogens is 3. The quantitative estimate of drug-likeness (QED) is 0.628. The lowest BCUT2D eigenvalue weighted by Gasteiger charge is -2.14. The lowest BCUT2D eigenvalue weighted by molar-refractivity contribution is -0.115. The number of thioether (sulfide) groups is 1. The first-order valence-electron chi connectivity index (χ1n) is 8.39. The minimum atomic E-state index is -3.04. The first kappa shape index (κ1) is 22.4. The van der Waals surface area contributed by atoms with Crippen LogP contribution in [0, 0.1) is 5.82 Å². The highest BCUT2D eigenvalue weighted by Crippen LogP contribution is 2.31. The first-order valence-corrected chi connectivity index (χ1v) is 9.44. The van der Waals surface area contributed by atoms with Gasteiger partial charge in [-0.15, -0.1) is 11.8 Å². The molecule has 0 spiro atoms. The second-order valence-corrected chi connectivity index (χ2v) is 7.07. The molecule has 0 aliphatic carbocycles. The van der Waals surface area contributed by atoms with Crippen LogP contribution in [0.4, 0.5) is 24.5 Å². The van der Waals surface area contributed by atoms with Gasteiger partial charge in [-0.3, -0.25) is 9.59 Å². The molecule has 1 atom stereocenters. The molecule has 10 heteroatoms. The Hall–Kier alpha value is -2.88. The molecule has 0 bridgehead atoms. The maximum atomic E-state index is 12.9. The normalized spacial score (nSPS) is 11.7. The molecule has 0 fully saturated rings. The molecule has 0 radical (unpaired) electrons. The topological polar surface area (TPSA) is 76.7 Å². The minimum absolute atomic E-state index is 0.00564. The van der Waals surface area contributed by atoms with E-state index in [1.807, 2.05) is 0 Å². The fourth-order valence-electron chi connectivity index (χ4n) is 2.19. The number of benzene rings is 2. The molecule has 0 aromatic heterocycles. The van der Waals surface area contributed by atoms with Crippen LogP contribution in [0.1, 0.15) is 6.92 Å². The van der Waals surface area contributed by atoms with E-state index < -0.39 is 23.6 Å². The van der Waals surface area contributed by atoms with Crippen molar-refractivity contribution in [2.24, 2.45) is 0 Å². The number of carbonyl (C=O) groups is 2. The van der Waals surface area contributed by atoms with E-state index in [-0.39, 0.29) is 28.8 Å². The Morgan fingerprint density at radius 2 is 1.69 bits per heavy atom. The smallest absolute Gasteiger partial charge is 0.387 e. The maximum Gasteiger partial charge on any atom is 0.387 e. The second-order valence-electron chi connectivity index (χ2n) is 5.74. The number of carbonyl (C=O) groups excluding carboxylic acids is 2. The van der Waals surface area contributed by atoms with Crippen molar-refractivity contribution in [3.8, 4) is 11.5 Å². The van der Waals surface area contributed by atoms with Crippen LogP contribution >= 0.6 is 11.8 Å². The van der Waals surface area contributed by atoms with Crippen molar-refractivity contribution < 1.29 is 32.2 Å². The summed E-state index contributed by atoms with van der Waals surface area (Å²) in [5, 5.41) is 4.56. The Morgan fingerprint density at radius 3 is 2.31 bits per heavy atom. The number of ether oxygens (including phenoxy) is 2. The van der Waals surface area contributed by atoms with Crippen molar-refractivity contribution >= 4 is 35.0 Å². The zero-order chi connectivity index (χ0) is 21.4. The van der Waals surface area contributed by atoms with E-state index in [0.29, 0.717) is 5.69 Å². The highest BCUT2D eigenvalue weighted by atomic mass is 32.2. The highest BCUT2D eigenvalue weighted by molar-refractivity contribution is 8.01. The number of hydrogen-bond acceptors (Lipinski definition) is 5. The Labute approximate surface area is 169 Å². The van der Waals surface area contributed by atoms with Gasteiger partial charge in [-0.05, 0) is 43.3 Å². The van der Waals surface area contributed by atoms with Crippen LogP contribution < -0.4 is 20.1 Å². The van der Waals surface area contributed by atoms with Gasteiger partial charge in [0.25, 0.3) is 0 Å². The number of amides is 2. The second kappa shape index (κ2) is 10.6. The predicted octanol–water partition coefficient (Wildman–Crippen LogP) is 4.13. The van der Waals surface area contributed by atoms with Crippen molar-refractivity contribution in [1.82, 2.24) is 0 Å². The standard InChI is InChI=1S/C19H19F3N2O4S/c1-11(29-10-17(25)23-13-5-3-12(20)4-6-13)18(26)24-14-7-8-15(27-2)16(9-14)28-19(21)22/h3-9,11,19H,10H2,1-2H3,(H,23,25)(H,24,26). The monoisotopic (exact) mass is 428 g/mol. The van der Waals surface area contributed by atoms with Gasteiger partial charge in [0.05, 0.1) is 18.1 Å². The molecule has 0 saturated heterocycles. The number of nitrogens with one attached hydrogen (secondary N) is 2. The van der Waals surface area contributed by atoms with Gasteiger partial charge in [0.2, 0.25) is 11.8 Å². The summed E-state index contributed by atoms with van der Waals surface area (Å²) < 4.78 is 47.1. The van der Waals surface area contributed by atoms with Gasteiger partial charge in [0, 0.05) is 17.4 Å². The number of hydrogen-bond donors (Lipinski definition) is 2. The number of methoxy groups -OCH3 is 1. The summed E-state index contributed by atoms with van der Waals surface area (Å²) in [5.41, 5.74) is 0.688. The summed E-state index contributed by atoms with van der Waals surface area (Å²) in [6, 6.07) is 9.39. The van der Waals surface area contributed by atoms with Crippen LogP contribution in [-0.4, -0.2) is 36.5 Å². The van der Waals surface area contributed by atoms with Crippen molar-refractivity contribution in [2.75, 3.05) is 23.5 Å². The number of rotatable bonds is 9. The molecule has 1 unspecified atom stereocenters. The lowest BCUT2D eigenvalue weighted by atomic mass is 10.2. The Balaban J connectivity index is 1.88. The van der Waals surface area contributed by atoms with E-state index in [4.69, 9.17) is 4.74 Å². The first-order chi connectivity index (χ1) is 13.8. The van der Waals surface area contributed by atoms with Crippen molar-refractivity contribution in [3.05, 3.63) is 48.3 Å². The van der Waals surface area contributed by atoms with Gasteiger partial charge >= 0.3 is 6.61 Å². The number of anilines is 2. The summed E-state index contributed by atoms with van der Waals surface area (Å²) in [4.78, 5) is 24.2. The molecule has 29 heavy (non-hydrogen) atoms. The molecule has 0 heterocycles. The minimum Gasteiger partial charge on any atom is -0.493 e. The van der Waals surface area contributed by atoms with E-state index in [1.165, 1.54) is 49.6 Å². The third-order valence-electron chi connectivity index (χ3n) is 3.61. The molecule has 2 amide bonds. The van der Waals surface area contributed by atoms with Crippen LogP contribution in [0.3, 0.4) is 0 Å². The molecule has 2 rings (SSSR count). The highest BCUT2D eigenvalue weighted by Gasteiger charge is 2.17. The van der Waals surface area contributed by atoms with Gasteiger partial charge in [-0.25, -0.2) is 4.39 Å². The molecular weight excluding hydrogens is 409 g/mol. The van der Waals surface area contributed by atoms with Gasteiger partial charge in [-0.2, -0.15) is 8.78 Å². The van der Waals surface area contributed by atoms with E-state index in [9.17, 15) is 22.8 Å². The van der Waals surface area contributed by atoms with Crippen molar-refractivity contribution in [3.63, 3.8) is 0 Å². The average Bonchev–Trinajstić information content (AvgIpc) is 2.67. The van der Waals surface area contributed by atoms with E-state index in [1.54, 1.807) is 6.92 Å². The molecule has 0 aliphatic rings. The fraction of sp³-hybridized carbons (Fsp3) is 0.263. The van der Waals surface area contributed by atoms with Gasteiger partial charge in [0.15, 0.2) is 11.5 Å². The lowest BCUT2D eigenvalue weighted by Crippen LogP contribution is -2.25. The molecular formula is C19H19F3N2O4S. The zero-order valence-electron chi connectivity index (χ0n) is 15.6. The summed E-state index contributed by atoms with van der Waals surface area (Å²) in [5.74, 6) is -1.30. The zero-order valence-corrected chi connectivity index (χ0v) is 16.4. The van der Waals surface area contributed by atoms with Crippen LogP contribution in [0.15, 0.2) is 42.5 Å². The summed E-state index contributed by atoms with van der Waals surface area (Å²) in [6.07, 6.45) is 0. The molecule has 2 aromatic rings.